The largest absolute Gasteiger partial charge is 0.496 e. The fraction of sp³-hybridized carbons (Fsp3) is 0.417. The molecule has 1 rings (SSSR count). The molecule has 0 aliphatic rings. The Morgan fingerprint density at radius 1 is 1.59 bits per heavy atom. The highest BCUT2D eigenvalue weighted by Gasteiger charge is 2.10. The molecule has 0 saturated carbocycles. The van der Waals surface area contributed by atoms with E-state index in [9.17, 15) is 9.18 Å². The van der Waals surface area contributed by atoms with E-state index in [0.29, 0.717) is 11.5 Å². The van der Waals surface area contributed by atoms with E-state index in [4.69, 9.17) is 9.84 Å². The Kier molecular flexibility index (Phi) is 5.28. The van der Waals surface area contributed by atoms with Crippen LogP contribution in [0.3, 0.4) is 0 Å². The highest BCUT2D eigenvalue weighted by atomic mass is 32.2. The zero-order valence-corrected chi connectivity index (χ0v) is 10.6. The molecule has 5 heteroatoms. The Hall–Kier alpha value is -1.23. The second kappa shape index (κ2) is 6.49. The van der Waals surface area contributed by atoms with Gasteiger partial charge in [0, 0.05) is 16.6 Å². The maximum absolute atomic E-state index is 13.1. The third-order valence-corrected chi connectivity index (χ3v) is 3.44. The molecule has 0 saturated heterocycles. The number of halogens is 1. The van der Waals surface area contributed by atoms with Crippen LogP contribution < -0.4 is 4.74 Å². The van der Waals surface area contributed by atoms with Gasteiger partial charge in [0.1, 0.15) is 11.6 Å². The quantitative estimate of drug-likeness (QED) is 0.852. The molecule has 0 heterocycles. The van der Waals surface area contributed by atoms with Gasteiger partial charge in [-0.1, -0.05) is 6.92 Å². The van der Waals surface area contributed by atoms with E-state index in [0.717, 1.165) is 5.56 Å². The number of ether oxygens (including phenoxy) is 1. The number of benzene rings is 1. The first-order valence-corrected chi connectivity index (χ1v) is 6.23. The Morgan fingerprint density at radius 2 is 2.29 bits per heavy atom. The molecule has 0 bridgehead atoms. The summed E-state index contributed by atoms with van der Waals surface area (Å²) in [6.07, 6.45) is 0.0995. The molecular weight excluding hydrogens is 243 g/mol. The van der Waals surface area contributed by atoms with Crippen molar-refractivity contribution < 1.29 is 19.0 Å². The van der Waals surface area contributed by atoms with E-state index >= 15 is 0 Å². The highest BCUT2D eigenvalue weighted by molar-refractivity contribution is 7.99. The lowest BCUT2D eigenvalue weighted by Gasteiger charge is -2.11. The monoisotopic (exact) mass is 258 g/mol. The van der Waals surface area contributed by atoms with Gasteiger partial charge in [0.05, 0.1) is 13.5 Å². The van der Waals surface area contributed by atoms with Crippen LogP contribution in [-0.2, 0) is 10.5 Å². The van der Waals surface area contributed by atoms with Crippen LogP contribution >= 0.6 is 11.8 Å². The van der Waals surface area contributed by atoms with E-state index in [1.807, 2.05) is 6.92 Å². The van der Waals surface area contributed by atoms with E-state index in [1.165, 1.54) is 31.0 Å². The molecule has 17 heavy (non-hydrogen) atoms. The van der Waals surface area contributed by atoms with Gasteiger partial charge in [-0.15, -0.1) is 0 Å². The molecule has 0 aromatic heterocycles. The zero-order chi connectivity index (χ0) is 12.8. The van der Waals surface area contributed by atoms with Gasteiger partial charge < -0.3 is 9.84 Å². The number of carboxylic acid groups (broad SMARTS) is 1. The van der Waals surface area contributed by atoms with Gasteiger partial charge in [0.25, 0.3) is 0 Å². The maximum Gasteiger partial charge on any atom is 0.304 e. The second-order valence-corrected chi connectivity index (χ2v) is 5.10. The van der Waals surface area contributed by atoms with Crippen molar-refractivity contribution in [3.05, 3.63) is 29.6 Å². The smallest absolute Gasteiger partial charge is 0.304 e. The predicted octanol–water partition coefficient (Wildman–Crippen LogP) is 2.93. The van der Waals surface area contributed by atoms with Gasteiger partial charge in [0.2, 0.25) is 0 Å². The number of thioether (sulfide) groups is 1. The SMILES string of the molecule is COc1ccc(F)cc1CSC(C)CC(=O)O. The Morgan fingerprint density at radius 3 is 2.88 bits per heavy atom. The standard InChI is InChI=1S/C12H15FO3S/c1-8(5-12(14)15)17-7-9-6-10(13)3-4-11(9)16-2/h3-4,6,8H,5,7H2,1-2H3,(H,14,15). The highest BCUT2D eigenvalue weighted by Crippen LogP contribution is 2.27. The molecular formula is C12H15FO3S. The van der Waals surface area contributed by atoms with Gasteiger partial charge in [0.15, 0.2) is 0 Å². The zero-order valence-electron chi connectivity index (χ0n) is 9.77. The average Bonchev–Trinajstić information content (AvgIpc) is 2.25. The number of rotatable bonds is 6. The lowest BCUT2D eigenvalue weighted by Crippen LogP contribution is -2.06. The summed E-state index contributed by atoms with van der Waals surface area (Å²) in [6.45, 7) is 1.84. The fourth-order valence-corrected chi connectivity index (χ4v) is 2.35. The molecule has 1 unspecified atom stereocenters. The van der Waals surface area contributed by atoms with Crippen LogP contribution in [-0.4, -0.2) is 23.4 Å². The molecule has 0 spiro atoms. The number of aliphatic carboxylic acids is 1. The lowest BCUT2D eigenvalue weighted by atomic mass is 10.2. The second-order valence-electron chi connectivity index (χ2n) is 3.68. The van der Waals surface area contributed by atoms with Gasteiger partial charge in [-0.3, -0.25) is 4.79 Å². The average molecular weight is 258 g/mol. The van der Waals surface area contributed by atoms with Crippen LogP contribution in [0.2, 0.25) is 0 Å². The van der Waals surface area contributed by atoms with Gasteiger partial charge >= 0.3 is 5.97 Å². The van der Waals surface area contributed by atoms with Crippen LogP contribution in [0, 0.1) is 5.82 Å². The number of methoxy groups -OCH3 is 1. The molecule has 0 aliphatic heterocycles. The van der Waals surface area contributed by atoms with Crippen molar-refractivity contribution in [3.63, 3.8) is 0 Å². The van der Waals surface area contributed by atoms with E-state index < -0.39 is 5.97 Å². The summed E-state index contributed by atoms with van der Waals surface area (Å²) in [5.41, 5.74) is 0.745. The minimum atomic E-state index is -0.823. The number of hydrogen-bond acceptors (Lipinski definition) is 3. The fourth-order valence-electron chi connectivity index (χ4n) is 1.40. The number of carboxylic acids is 1. The van der Waals surface area contributed by atoms with Crippen LogP contribution in [0.15, 0.2) is 18.2 Å². The van der Waals surface area contributed by atoms with Crippen molar-refractivity contribution in [1.29, 1.82) is 0 Å². The summed E-state index contributed by atoms with van der Waals surface area (Å²) in [4.78, 5) is 10.5. The Labute approximate surface area is 104 Å². The van der Waals surface area contributed by atoms with Gasteiger partial charge in [-0.05, 0) is 18.2 Å². The molecule has 1 N–H and O–H groups in total. The van der Waals surface area contributed by atoms with Crippen LogP contribution in [0.25, 0.3) is 0 Å². The summed E-state index contributed by atoms with van der Waals surface area (Å²) >= 11 is 1.47. The summed E-state index contributed by atoms with van der Waals surface area (Å²) in [5, 5.41) is 8.61. The molecule has 1 aromatic rings. The summed E-state index contributed by atoms with van der Waals surface area (Å²) in [6, 6.07) is 4.33. The molecule has 1 atom stereocenters. The van der Waals surface area contributed by atoms with Crippen molar-refractivity contribution in [2.75, 3.05) is 7.11 Å². The third kappa shape index (κ3) is 4.65. The topological polar surface area (TPSA) is 46.5 Å². The van der Waals surface area contributed by atoms with Crippen molar-refractivity contribution in [2.24, 2.45) is 0 Å². The van der Waals surface area contributed by atoms with Gasteiger partial charge in [-0.2, -0.15) is 11.8 Å². The molecule has 0 amide bonds. The van der Waals surface area contributed by atoms with E-state index in [1.54, 1.807) is 6.07 Å². The van der Waals surface area contributed by atoms with Crippen LogP contribution in [0.5, 0.6) is 5.75 Å². The molecule has 94 valence electrons. The first-order valence-electron chi connectivity index (χ1n) is 5.18. The molecule has 1 aromatic carbocycles. The Bertz CT molecular complexity index is 395. The van der Waals surface area contributed by atoms with Crippen molar-refractivity contribution in [3.8, 4) is 5.75 Å². The minimum absolute atomic E-state index is 0.0135. The molecule has 0 fully saturated rings. The van der Waals surface area contributed by atoms with Crippen molar-refractivity contribution in [1.82, 2.24) is 0 Å². The normalized spacial score (nSPS) is 12.2. The molecule has 3 nitrogen and oxygen atoms in total. The van der Waals surface area contributed by atoms with Crippen molar-refractivity contribution in [2.45, 2.75) is 24.3 Å². The lowest BCUT2D eigenvalue weighted by molar-refractivity contribution is -0.136. The summed E-state index contributed by atoms with van der Waals surface area (Å²) in [5.74, 6) is 0.0277. The Balaban J connectivity index is 2.61. The maximum atomic E-state index is 13.1. The van der Waals surface area contributed by atoms with Crippen LogP contribution in [0.4, 0.5) is 4.39 Å². The molecule has 0 radical (unpaired) electrons. The first kappa shape index (κ1) is 13.8. The predicted molar refractivity (Wildman–Crippen MR) is 66.0 cm³/mol. The number of carbonyl (C=O) groups is 1. The summed E-state index contributed by atoms with van der Waals surface area (Å²) < 4.78 is 18.2. The van der Waals surface area contributed by atoms with Crippen molar-refractivity contribution >= 4 is 17.7 Å². The number of hydrogen-bond donors (Lipinski definition) is 1. The van der Waals surface area contributed by atoms with Gasteiger partial charge in [-0.25, -0.2) is 4.39 Å². The molecule has 0 aliphatic carbocycles. The van der Waals surface area contributed by atoms with Crippen LogP contribution in [0.1, 0.15) is 18.9 Å². The third-order valence-electron chi connectivity index (χ3n) is 2.23. The minimum Gasteiger partial charge on any atom is -0.496 e. The summed E-state index contributed by atoms with van der Waals surface area (Å²) in [7, 11) is 1.53. The first-order chi connectivity index (χ1) is 8.02. The van der Waals surface area contributed by atoms with E-state index in [2.05, 4.69) is 0 Å². The van der Waals surface area contributed by atoms with E-state index in [-0.39, 0.29) is 17.5 Å².